The smallest absolute Gasteiger partial charge is 0.417 e. The van der Waals surface area contributed by atoms with Gasteiger partial charge in [-0.15, -0.1) is 0 Å². The van der Waals surface area contributed by atoms with E-state index >= 15 is 0 Å². The van der Waals surface area contributed by atoms with Crippen molar-refractivity contribution in [3.63, 3.8) is 0 Å². The molecule has 126 valence electrons. The molecule has 0 fully saturated rings. The Kier molecular flexibility index (Phi) is 4.89. The third kappa shape index (κ3) is 4.78. The van der Waals surface area contributed by atoms with Gasteiger partial charge in [-0.2, -0.15) is 0 Å². The molecule has 6 heteroatoms. The molecule has 1 aromatic heterocycles. The zero-order chi connectivity index (χ0) is 17.6. The predicted molar refractivity (Wildman–Crippen MR) is 94.1 cm³/mol. The number of ether oxygens (including phenoxy) is 2. The molecule has 3 aromatic rings. The summed E-state index contributed by atoms with van der Waals surface area (Å²) in [6, 6.07) is 17.9. The Morgan fingerprint density at radius 3 is 2.28 bits per heavy atom. The SMILES string of the molecule is Cc1cc(C)nc(Oc2cccc(NC(=O)Oc3ccccc3)c2)n1. The molecule has 1 heterocycles. The van der Waals surface area contributed by atoms with Crippen LogP contribution < -0.4 is 14.8 Å². The van der Waals surface area contributed by atoms with Crippen molar-refractivity contribution in [3.8, 4) is 17.5 Å². The van der Waals surface area contributed by atoms with E-state index in [9.17, 15) is 4.79 Å². The lowest BCUT2D eigenvalue weighted by atomic mass is 10.3. The highest BCUT2D eigenvalue weighted by Crippen LogP contribution is 2.22. The first-order valence-corrected chi connectivity index (χ1v) is 7.72. The molecule has 0 aliphatic rings. The average molecular weight is 335 g/mol. The molecule has 1 N–H and O–H groups in total. The normalized spacial score (nSPS) is 10.2. The van der Waals surface area contributed by atoms with Crippen LogP contribution in [0.1, 0.15) is 11.4 Å². The van der Waals surface area contributed by atoms with Crippen LogP contribution in [0, 0.1) is 13.8 Å². The fourth-order valence-electron chi connectivity index (χ4n) is 2.22. The van der Waals surface area contributed by atoms with Crippen LogP contribution in [0.2, 0.25) is 0 Å². The van der Waals surface area contributed by atoms with E-state index < -0.39 is 6.09 Å². The van der Waals surface area contributed by atoms with E-state index in [1.165, 1.54) is 0 Å². The van der Waals surface area contributed by atoms with Crippen LogP contribution in [-0.4, -0.2) is 16.1 Å². The molecule has 3 rings (SSSR count). The lowest BCUT2D eigenvalue weighted by molar-refractivity contribution is 0.215. The molecule has 0 spiro atoms. The summed E-state index contributed by atoms with van der Waals surface area (Å²) in [5, 5.41) is 2.66. The van der Waals surface area contributed by atoms with E-state index in [0.717, 1.165) is 11.4 Å². The Bertz CT molecular complexity index is 862. The quantitative estimate of drug-likeness (QED) is 0.760. The van der Waals surface area contributed by atoms with Gasteiger partial charge in [0.2, 0.25) is 0 Å². The third-order valence-electron chi connectivity index (χ3n) is 3.21. The maximum atomic E-state index is 11.9. The number of anilines is 1. The highest BCUT2D eigenvalue weighted by Gasteiger charge is 2.07. The largest absolute Gasteiger partial charge is 0.424 e. The van der Waals surface area contributed by atoms with Gasteiger partial charge in [0.15, 0.2) is 0 Å². The summed E-state index contributed by atoms with van der Waals surface area (Å²) in [4.78, 5) is 20.4. The zero-order valence-electron chi connectivity index (χ0n) is 13.9. The van der Waals surface area contributed by atoms with Gasteiger partial charge in [-0.1, -0.05) is 24.3 Å². The first-order valence-electron chi connectivity index (χ1n) is 7.72. The number of hydrogen-bond donors (Lipinski definition) is 1. The second kappa shape index (κ2) is 7.44. The monoisotopic (exact) mass is 335 g/mol. The first-order chi connectivity index (χ1) is 12.1. The maximum Gasteiger partial charge on any atom is 0.417 e. The van der Waals surface area contributed by atoms with Crippen molar-refractivity contribution in [2.24, 2.45) is 0 Å². The number of nitrogens with one attached hydrogen (secondary N) is 1. The molecule has 6 nitrogen and oxygen atoms in total. The molecule has 0 bridgehead atoms. The first kappa shape index (κ1) is 16.4. The summed E-state index contributed by atoms with van der Waals surface area (Å²) in [5.74, 6) is 0.985. The second-order valence-electron chi connectivity index (χ2n) is 5.39. The molecular formula is C19H17N3O3. The summed E-state index contributed by atoms with van der Waals surface area (Å²) < 4.78 is 10.9. The van der Waals surface area contributed by atoms with Gasteiger partial charge in [-0.3, -0.25) is 5.32 Å². The molecule has 0 radical (unpaired) electrons. The molecule has 0 aliphatic heterocycles. The number of para-hydroxylation sites is 1. The predicted octanol–water partition coefficient (Wildman–Crippen LogP) is 4.50. The van der Waals surface area contributed by atoms with Crippen molar-refractivity contribution < 1.29 is 14.3 Å². The van der Waals surface area contributed by atoms with E-state index in [0.29, 0.717) is 17.2 Å². The van der Waals surface area contributed by atoms with Crippen LogP contribution in [0.15, 0.2) is 60.7 Å². The van der Waals surface area contributed by atoms with E-state index in [1.54, 1.807) is 48.5 Å². The molecular weight excluding hydrogens is 318 g/mol. The number of aryl methyl sites for hydroxylation is 2. The number of carbonyl (C=O) groups is 1. The maximum absolute atomic E-state index is 11.9. The van der Waals surface area contributed by atoms with Crippen molar-refractivity contribution in [2.45, 2.75) is 13.8 Å². The van der Waals surface area contributed by atoms with Crippen molar-refractivity contribution >= 4 is 11.8 Å². The number of nitrogens with zero attached hydrogens (tertiary/aromatic N) is 2. The number of hydrogen-bond acceptors (Lipinski definition) is 5. The topological polar surface area (TPSA) is 73.3 Å². The van der Waals surface area contributed by atoms with Crippen molar-refractivity contribution in [1.82, 2.24) is 9.97 Å². The minimum Gasteiger partial charge on any atom is -0.424 e. The molecule has 0 saturated heterocycles. The molecule has 1 amide bonds. The summed E-state index contributed by atoms with van der Waals surface area (Å²) >= 11 is 0. The molecule has 0 aliphatic carbocycles. The lowest BCUT2D eigenvalue weighted by Gasteiger charge is -2.09. The Labute approximate surface area is 145 Å². The van der Waals surface area contributed by atoms with E-state index in [4.69, 9.17) is 9.47 Å². The zero-order valence-corrected chi connectivity index (χ0v) is 13.9. The summed E-state index contributed by atoms with van der Waals surface area (Å²) in [6.07, 6.45) is -0.578. The van der Waals surface area contributed by atoms with Gasteiger partial charge >= 0.3 is 12.1 Å². The number of carbonyl (C=O) groups excluding carboxylic acids is 1. The molecule has 0 unspecified atom stereocenters. The van der Waals surface area contributed by atoms with Crippen LogP contribution in [0.25, 0.3) is 0 Å². The van der Waals surface area contributed by atoms with Gasteiger partial charge in [0.1, 0.15) is 11.5 Å². The third-order valence-corrected chi connectivity index (χ3v) is 3.21. The number of rotatable bonds is 4. The van der Waals surface area contributed by atoms with Gasteiger partial charge < -0.3 is 9.47 Å². The van der Waals surface area contributed by atoms with Crippen LogP contribution in [-0.2, 0) is 0 Å². The highest BCUT2D eigenvalue weighted by molar-refractivity contribution is 5.86. The summed E-state index contributed by atoms with van der Waals surface area (Å²) in [6.45, 7) is 3.75. The van der Waals surface area contributed by atoms with Gasteiger partial charge in [0.05, 0.1) is 0 Å². The number of benzene rings is 2. The Morgan fingerprint density at radius 2 is 1.56 bits per heavy atom. The number of amides is 1. The van der Waals surface area contributed by atoms with Gasteiger partial charge in [-0.05, 0) is 44.2 Å². The van der Waals surface area contributed by atoms with Crippen molar-refractivity contribution in [2.75, 3.05) is 5.32 Å². The van der Waals surface area contributed by atoms with Gasteiger partial charge in [0, 0.05) is 23.1 Å². The Hall–Kier alpha value is -3.41. The number of aromatic nitrogens is 2. The van der Waals surface area contributed by atoms with E-state index in [-0.39, 0.29) is 6.01 Å². The average Bonchev–Trinajstić information content (AvgIpc) is 2.55. The standard InChI is InChI=1S/C19H17N3O3/c1-13-11-14(2)21-18(20-13)24-17-10-6-7-15(12-17)22-19(23)25-16-8-4-3-5-9-16/h3-12H,1-2H3,(H,22,23). The summed E-state index contributed by atoms with van der Waals surface area (Å²) in [5.41, 5.74) is 2.19. The van der Waals surface area contributed by atoms with Crippen LogP contribution in [0.5, 0.6) is 17.5 Å². The van der Waals surface area contributed by atoms with Crippen molar-refractivity contribution in [3.05, 3.63) is 72.1 Å². The van der Waals surface area contributed by atoms with Gasteiger partial charge in [-0.25, -0.2) is 14.8 Å². The van der Waals surface area contributed by atoms with Crippen LogP contribution in [0.4, 0.5) is 10.5 Å². The minimum atomic E-state index is -0.578. The Morgan fingerprint density at radius 1 is 0.880 bits per heavy atom. The van der Waals surface area contributed by atoms with E-state index in [2.05, 4.69) is 15.3 Å². The molecule has 0 atom stereocenters. The van der Waals surface area contributed by atoms with E-state index in [1.807, 2.05) is 26.0 Å². The fraction of sp³-hybridized carbons (Fsp3) is 0.105. The van der Waals surface area contributed by atoms with Crippen LogP contribution >= 0.6 is 0 Å². The van der Waals surface area contributed by atoms with Gasteiger partial charge in [0.25, 0.3) is 0 Å². The second-order valence-corrected chi connectivity index (χ2v) is 5.39. The minimum absolute atomic E-state index is 0.265. The summed E-state index contributed by atoms with van der Waals surface area (Å²) in [7, 11) is 0. The molecule has 2 aromatic carbocycles. The van der Waals surface area contributed by atoms with Crippen molar-refractivity contribution in [1.29, 1.82) is 0 Å². The fourth-order valence-corrected chi connectivity index (χ4v) is 2.22. The highest BCUT2D eigenvalue weighted by atomic mass is 16.6. The molecule has 25 heavy (non-hydrogen) atoms. The molecule has 0 saturated carbocycles. The van der Waals surface area contributed by atoms with Crippen LogP contribution in [0.3, 0.4) is 0 Å². The lowest BCUT2D eigenvalue weighted by Crippen LogP contribution is -2.16. The Balaban J connectivity index is 1.67.